The Balaban J connectivity index is 3.79. The van der Waals surface area contributed by atoms with E-state index in [4.69, 9.17) is 19.3 Å². The molecule has 0 amide bonds. The third kappa shape index (κ3) is 32.0. The largest absolute Gasteiger partial charge is 0.469 e. The van der Waals surface area contributed by atoms with E-state index in [1.807, 2.05) is 0 Å². The van der Waals surface area contributed by atoms with Crippen molar-refractivity contribution in [3.63, 3.8) is 0 Å². The highest BCUT2D eigenvalue weighted by molar-refractivity contribution is 7.46. The van der Waals surface area contributed by atoms with Gasteiger partial charge in [-0.25, -0.2) is 4.57 Å². The van der Waals surface area contributed by atoms with E-state index in [2.05, 4.69) is 18.4 Å². The van der Waals surface area contributed by atoms with Crippen LogP contribution in [0.1, 0.15) is 181 Å². The summed E-state index contributed by atoms with van der Waals surface area (Å²) in [4.78, 5) is 42.2. The molecule has 9 heteroatoms. The van der Waals surface area contributed by atoms with Crippen molar-refractivity contribution in [2.75, 3.05) is 13.2 Å². The molecule has 0 saturated heterocycles. The van der Waals surface area contributed by atoms with Crippen LogP contribution in [-0.4, -0.2) is 41.0 Å². The third-order valence-corrected chi connectivity index (χ3v) is 8.11. The molecule has 0 aliphatic rings. The van der Waals surface area contributed by atoms with Gasteiger partial charge in [0, 0.05) is 12.8 Å². The molecule has 0 aromatic carbocycles. The summed E-state index contributed by atoms with van der Waals surface area (Å²) in [5.74, 6) is -0.889. The van der Waals surface area contributed by atoms with Crippen LogP contribution in [0.25, 0.3) is 0 Å². The van der Waals surface area contributed by atoms with Gasteiger partial charge in [0.25, 0.3) is 0 Å². The number of phosphoric acid groups is 1. The zero-order chi connectivity index (χ0) is 31.2. The minimum atomic E-state index is -4.73. The number of hydrogen-bond acceptors (Lipinski definition) is 6. The van der Waals surface area contributed by atoms with Crippen molar-refractivity contribution in [2.24, 2.45) is 0 Å². The van der Waals surface area contributed by atoms with Crippen LogP contribution in [0.15, 0.2) is 0 Å². The molecule has 250 valence electrons. The smallest absolute Gasteiger partial charge is 0.462 e. The third-order valence-electron chi connectivity index (χ3n) is 7.63. The summed E-state index contributed by atoms with van der Waals surface area (Å²) in [6.07, 6.45) is 28.8. The van der Waals surface area contributed by atoms with Crippen molar-refractivity contribution in [1.29, 1.82) is 0 Å². The highest BCUT2D eigenvalue weighted by Gasteiger charge is 2.22. The van der Waals surface area contributed by atoms with Gasteiger partial charge >= 0.3 is 19.8 Å². The molecule has 0 aliphatic heterocycles. The number of carbonyl (C=O) groups excluding carboxylic acids is 2. The number of unbranched alkanes of at least 4 members (excludes halogenated alkanes) is 22. The maximum atomic E-state index is 12.3. The van der Waals surface area contributed by atoms with E-state index in [1.165, 1.54) is 103 Å². The Hall–Kier alpha value is -0.950. The molecule has 2 N–H and O–H groups in total. The number of rotatable bonds is 32. The maximum absolute atomic E-state index is 12.3. The predicted molar refractivity (Wildman–Crippen MR) is 170 cm³/mol. The lowest BCUT2D eigenvalue weighted by Gasteiger charge is -2.18. The van der Waals surface area contributed by atoms with Gasteiger partial charge < -0.3 is 19.3 Å². The van der Waals surface area contributed by atoms with E-state index >= 15 is 0 Å². The zero-order valence-corrected chi connectivity index (χ0v) is 28.1. The summed E-state index contributed by atoms with van der Waals surface area (Å²) < 4.78 is 26.0. The van der Waals surface area contributed by atoms with Crippen LogP contribution >= 0.6 is 7.82 Å². The van der Waals surface area contributed by atoms with Crippen molar-refractivity contribution < 1.29 is 37.9 Å². The Labute approximate surface area is 257 Å². The first-order chi connectivity index (χ1) is 20.3. The van der Waals surface area contributed by atoms with E-state index in [-0.39, 0.29) is 19.4 Å². The Kier molecular flexibility index (Phi) is 29.4. The van der Waals surface area contributed by atoms with Gasteiger partial charge in [0.05, 0.1) is 6.61 Å². The lowest BCUT2D eigenvalue weighted by molar-refractivity contribution is -0.161. The van der Waals surface area contributed by atoms with Gasteiger partial charge in [-0.1, -0.05) is 155 Å². The molecule has 8 nitrogen and oxygen atoms in total. The van der Waals surface area contributed by atoms with Gasteiger partial charge in [-0.2, -0.15) is 0 Å². The molecular formula is C33H65O8P. The van der Waals surface area contributed by atoms with Gasteiger partial charge in [-0.3, -0.25) is 14.1 Å². The highest BCUT2D eigenvalue weighted by atomic mass is 31.2. The predicted octanol–water partition coefficient (Wildman–Crippen LogP) is 9.73. The molecular weight excluding hydrogens is 555 g/mol. The van der Waals surface area contributed by atoms with E-state index in [0.29, 0.717) is 6.42 Å². The average molecular weight is 621 g/mol. The number of ether oxygens (including phenoxy) is 2. The summed E-state index contributed by atoms with van der Waals surface area (Å²) in [6.45, 7) is 3.58. The Morgan fingerprint density at radius 3 is 1.21 bits per heavy atom. The van der Waals surface area contributed by atoms with Crippen molar-refractivity contribution in [3.8, 4) is 0 Å². The topological polar surface area (TPSA) is 119 Å². The first-order valence-electron chi connectivity index (χ1n) is 17.3. The van der Waals surface area contributed by atoms with Crippen LogP contribution in [0.5, 0.6) is 0 Å². The van der Waals surface area contributed by atoms with Crippen LogP contribution in [0, 0.1) is 0 Å². The van der Waals surface area contributed by atoms with Crippen molar-refractivity contribution in [3.05, 3.63) is 0 Å². The molecule has 0 bridgehead atoms. The number of phosphoric ester groups is 1. The second kappa shape index (κ2) is 30.1. The van der Waals surface area contributed by atoms with Gasteiger partial charge in [-0.05, 0) is 12.8 Å². The summed E-state index contributed by atoms with van der Waals surface area (Å²) in [7, 11) is -4.73. The summed E-state index contributed by atoms with van der Waals surface area (Å²) in [5, 5.41) is 0. The number of esters is 2. The molecule has 0 heterocycles. The zero-order valence-electron chi connectivity index (χ0n) is 27.2. The van der Waals surface area contributed by atoms with Crippen LogP contribution in [0.4, 0.5) is 0 Å². The van der Waals surface area contributed by atoms with Gasteiger partial charge in [0.1, 0.15) is 6.61 Å². The molecule has 0 aromatic heterocycles. The fourth-order valence-corrected chi connectivity index (χ4v) is 5.38. The fourth-order valence-electron chi connectivity index (χ4n) is 5.02. The molecule has 42 heavy (non-hydrogen) atoms. The summed E-state index contributed by atoms with van der Waals surface area (Å²) in [5.41, 5.74) is 0. The molecule has 0 unspecified atom stereocenters. The van der Waals surface area contributed by atoms with E-state index in [0.717, 1.165) is 44.9 Å². The van der Waals surface area contributed by atoms with Gasteiger partial charge in [0.2, 0.25) is 0 Å². The monoisotopic (exact) mass is 620 g/mol. The van der Waals surface area contributed by atoms with E-state index in [1.54, 1.807) is 0 Å². The lowest BCUT2D eigenvalue weighted by Crippen LogP contribution is -2.29. The molecule has 0 saturated carbocycles. The normalized spacial score (nSPS) is 12.4. The van der Waals surface area contributed by atoms with Crippen LogP contribution < -0.4 is 0 Å². The van der Waals surface area contributed by atoms with Crippen molar-refractivity contribution in [1.82, 2.24) is 0 Å². The van der Waals surface area contributed by atoms with Gasteiger partial charge in [-0.15, -0.1) is 0 Å². The molecule has 0 spiro atoms. The summed E-state index contributed by atoms with van der Waals surface area (Å²) in [6, 6.07) is 0. The second-order valence-corrected chi connectivity index (χ2v) is 13.1. The van der Waals surface area contributed by atoms with E-state index in [9.17, 15) is 14.2 Å². The van der Waals surface area contributed by atoms with E-state index < -0.39 is 32.5 Å². The van der Waals surface area contributed by atoms with Crippen molar-refractivity contribution in [2.45, 2.75) is 187 Å². The SMILES string of the molecule is CCCCCCCCCCCCCCCCCCCCCC(=O)O[C@H](COC(=O)CCCCCCC)COP(=O)(O)O. The Morgan fingerprint density at radius 1 is 0.524 bits per heavy atom. The molecule has 0 aliphatic carbocycles. The molecule has 0 rings (SSSR count). The first-order valence-corrected chi connectivity index (χ1v) is 18.9. The maximum Gasteiger partial charge on any atom is 0.469 e. The lowest BCUT2D eigenvalue weighted by atomic mass is 10.0. The average Bonchev–Trinajstić information content (AvgIpc) is 2.95. The molecule has 0 radical (unpaired) electrons. The standard InChI is InChI=1S/C33H65O8P/c1-3-5-7-9-10-11-12-13-14-15-16-17-18-19-20-21-22-24-26-28-33(35)41-31(30-40-42(36,37)38)29-39-32(34)27-25-23-8-6-4-2/h31H,3-30H2,1-2H3,(H2,36,37,38)/t31-/m1/s1. The van der Waals surface area contributed by atoms with Crippen molar-refractivity contribution >= 4 is 19.8 Å². The Bertz CT molecular complexity index is 666. The minimum absolute atomic E-state index is 0.219. The number of carbonyl (C=O) groups is 2. The van der Waals surface area contributed by atoms with Crippen LogP contribution in [-0.2, 0) is 28.2 Å². The first kappa shape index (κ1) is 41.0. The van der Waals surface area contributed by atoms with Gasteiger partial charge in [0.15, 0.2) is 6.10 Å². The summed E-state index contributed by atoms with van der Waals surface area (Å²) >= 11 is 0. The number of hydrogen-bond donors (Lipinski definition) is 2. The second-order valence-electron chi connectivity index (χ2n) is 11.9. The molecule has 0 aromatic rings. The van der Waals surface area contributed by atoms with Crippen LogP contribution in [0.3, 0.4) is 0 Å². The molecule has 0 fully saturated rings. The minimum Gasteiger partial charge on any atom is -0.462 e. The molecule has 1 atom stereocenters. The quantitative estimate of drug-likeness (QED) is 0.0433. The Morgan fingerprint density at radius 2 is 0.857 bits per heavy atom. The van der Waals surface area contributed by atoms with Crippen LogP contribution in [0.2, 0.25) is 0 Å². The fraction of sp³-hybridized carbons (Fsp3) is 0.939. The highest BCUT2D eigenvalue weighted by Crippen LogP contribution is 2.36.